The van der Waals surface area contributed by atoms with Crippen molar-refractivity contribution in [2.75, 3.05) is 6.61 Å². The van der Waals surface area contributed by atoms with Gasteiger partial charge in [0.05, 0.1) is 6.61 Å². The van der Waals surface area contributed by atoms with Crippen LogP contribution in [0, 0.1) is 5.41 Å². The minimum Gasteiger partial charge on any atom is -0.463 e. The largest absolute Gasteiger partial charge is 0.463 e. The topological polar surface area (TPSA) is 50.2 Å². The number of benzene rings is 1. The Morgan fingerprint density at radius 2 is 2.24 bits per heavy atom. The normalized spacial score (nSPS) is 18.9. The zero-order valence-electron chi connectivity index (χ0n) is 12.4. The van der Waals surface area contributed by atoms with Crippen LogP contribution < -0.4 is 0 Å². The SMILES string of the molecule is CCOC(=O)C1=Cc2ccc(Br)cc2C(C)CCC(=N)C1. The Balaban J connectivity index is 2.48. The van der Waals surface area contributed by atoms with Crippen LogP contribution in [-0.4, -0.2) is 18.3 Å². The van der Waals surface area contributed by atoms with E-state index in [-0.39, 0.29) is 5.97 Å². The minimum absolute atomic E-state index is 0.314. The van der Waals surface area contributed by atoms with Crippen molar-refractivity contribution in [1.82, 2.24) is 0 Å². The van der Waals surface area contributed by atoms with Crippen molar-refractivity contribution in [3.05, 3.63) is 39.4 Å². The summed E-state index contributed by atoms with van der Waals surface area (Å²) in [6, 6.07) is 6.10. The highest BCUT2D eigenvalue weighted by molar-refractivity contribution is 9.10. The molecule has 21 heavy (non-hydrogen) atoms. The average molecular weight is 350 g/mol. The predicted molar refractivity (Wildman–Crippen MR) is 88.7 cm³/mol. The van der Waals surface area contributed by atoms with Gasteiger partial charge in [0.15, 0.2) is 0 Å². The summed E-state index contributed by atoms with van der Waals surface area (Å²) >= 11 is 3.51. The molecule has 4 heteroatoms. The van der Waals surface area contributed by atoms with E-state index in [9.17, 15) is 4.79 Å². The van der Waals surface area contributed by atoms with E-state index in [4.69, 9.17) is 10.1 Å². The van der Waals surface area contributed by atoms with Crippen LogP contribution >= 0.6 is 15.9 Å². The number of carbonyl (C=O) groups excluding carboxylic acids is 1. The fourth-order valence-corrected chi connectivity index (χ4v) is 2.94. The molecule has 0 saturated carbocycles. The quantitative estimate of drug-likeness (QED) is 0.786. The summed E-state index contributed by atoms with van der Waals surface area (Å²) in [5.74, 6) is 0.0429. The molecule has 0 aromatic heterocycles. The number of ether oxygens (including phenoxy) is 1. The Morgan fingerprint density at radius 1 is 1.48 bits per heavy atom. The number of rotatable bonds is 2. The van der Waals surface area contributed by atoms with Crippen molar-refractivity contribution in [1.29, 1.82) is 5.41 Å². The molecule has 1 aliphatic rings. The molecule has 1 aromatic carbocycles. The lowest BCUT2D eigenvalue weighted by Crippen LogP contribution is -2.11. The molecule has 0 radical (unpaired) electrons. The third-order valence-corrected chi connectivity index (χ3v) is 4.22. The van der Waals surface area contributed by atoms with Crippen molar-refractivity contribution in [2.45, 2.75) is 39.0 Å². The summed E-state index contributed by atoms with van der Waals surface area (Å²) in [4.78, 5) is 12.1. The molecule has 1 aliphatic carbocycles. The molecule has 1 unspecified atom stereocenters. The Hall–Kier alpha value is -1.42. The van der Waals surface area contributed by atoms with E-state index >= 15 is 0 Å². The summed E-state index contributed by atoms with van der Waals surface area (Å²) in [7, 11) is 0. The van der Waals surface area contributed by atoms with Gasteiger partial charge in [-0.1, -0.05) is 28.9 Å². The van der Waals surface area contributed by atoms with Crippen LogP contribution in [0.3, 0.4) is 0 Å². The highest BCUT2D eigenvalue weighted by Gasteiger charge is 2.19. The third-order valence-electron chi connectivity index (χ3n) is 3.73. The maximum atomic E-state index is 12.1. The van der Waals surface area contributed by atoms with E-state index < -0.39 is 0 Å². The lowest BCUT2D eigenvalue weighted by atomic mass is 9.92. The molecule has 1 N–H and O–H groups in total. The van der Waals surface area contributed by atoms with Crippen molar-refractivity contribution in [2.24, 2.45) is 0 Å². The van der Waals surface area contributed by atoms with Crippen LogP contribution in [0.15, 0.2) is 28.2 Å². The second kappa shape index (κ2) is 7.03. The Bertz CT molecular complexity index is 592. The van der Waals surface area contributed by atoms with E-state index in [1.165, 1.54) is 5.56 Å². The first-order valence-corrected chi connectivity index (χ1v) is 8.04. The smallest absolute Gasteiger partial charge is 0.334 e. The van der Waals surface area contributed by atoms with E-state index in [2.05, 4.69) is 28.9 Å². The molecule has 1 aromatic rings. The molecule has 2 rings (SSSR count). The molecular weight excluding hydrogens is 330 g/mol. The van der Waals surface area contributed by atoms with Gasteiger partial charge >= 0.3 is 5.97 Å². The van der Waals surface area contributed by atoms with Gasteiger partial charge in [0.25, 0.3) is 0 Å². The van der Waals surface area contributed by atoms with E-state index in [0.717, 1.165) is 16.5 Å². The monoisotopic (exact) mass is 349 g/mol. The summed E-state index contributed by atoms with van der Waals surface area (Å²) in [5.41, 5.74) is 3.41. The number of esters is 1. The van der Waals surface area contributed by atoms with E-state index in [1.807, 2.05) is 18.2 Å². The second-order valence-corrected chi connectivity index (χ2v) is 6.30. The molecule has 0 fully saturated rings. The average Bonchev–Trinajstić information content (AvgIpc) is 2.50. The highest BCUT2D eigenvalue weighted by atomic mass is 79.9. The van der Waals surface area contributed by atoms with Gasteiger partial charge in [-0.05, 0) is 55.0 Å². The van der Waals surface area contributed by atoms with Gasteiger partial charge < -0.3 is 10.1 Å². The van der Waals surface area contributed by atoms with Crippen LogP contribution in [0.1, 0.15) is 50.2 Å². The predicted octanol–water partition coefficient (Wildman–Crippen LogP) is 4.70. The van der Waals surface area contributed by atoms with Crippen LogP contribution in [0.4, 0.5) is 0 Å². The number of carbonyl (C=O) groups is 1. The molecule has 112 valence electrons. The summed E-state index contributed by atoms with van der Waals surface area (Å²) < 4.78 is 6.15. The van der Waals surface area contributed by atoms with Gasteiger partial charge in [-0.3, -0.25) is 0 Å². The Morgan fingerprint density at radius 3 is 2.95 bits per heavy atom. The summed E-state index contributed by atoms with van der Waals surface area (Å²) in [6.45, 7) is 4.32. The fraction of sp³-hybridized carbons (Fsp3) is 0.412. The van der Waals surface area contributed by atoms with Crippen LogP contribution in [0.25, 0.3) is 6.08 Å². The maximum Gasteiger partial charge on any atom is 0.334 e. The van der Waals surface area contributed by atoms with Crippen molar-refractivity contribution >= 4 is 33.7 Å². The molecule has 0 heterocycles. The van der Waals surface area contributed by atoms with Crippen LogP contribution in [0.5, 0.6) is 0 Å². The standard InChI is InChI=1S/C17H20BrNO2/c1-3-21-17(20)13-8-12-5-6-14(18)10-16(12)11(2)4-7-15(19)9-13/h5-6,8,10-11,19H,3-4,7,9H2,1-2H3. The van der Waals surface area contributed by atoms with Crippen molar-refractivity contribution in [3.63, 3.8) is 0 Å². The Labute approximate surface area is 134 Å². The number of nitrogens with one attached hydrogen (secondary N) is 1. The first-order chi connectivity index (χ1) is 10.0. The molecule has 0 bridgehead atoms. The molecule has 1 atom stereocenters. The third kappa shape index (κ3) is 4.03. The van der Waals surface area contributed by atoms with Crippen molar-refractivity contribution < 1.29 is 9.53 Å². The van der Waals surface area contributed by atoms with Gasteiger partial charge in [0.1, 0.15) is 0 Å². The van der Waals surface area contributed by atoms with Gasteiger partial charge in [-0.15, -0.1) is 0 Å². The summed E-state index contributed by atoms with van der Waals surface area (Å²) in [6.07, 6.45) is 3.90. The van der Waals surface area contributed by atoms with Gasteiger partial charge in [0.2, 0.25) is 0 Å². The zero-order valence-corrected chi connectivity index (χ0v) is 14.0. The van der Waals surface area contributed by atoms with Crippen LogP contribution in [0.2, 0.25) is 0 Å². The van der Waals surface area contributed by atoms with Gasteiger partial charge in [-0.2, -0.15) is 0 Å². The number of hydrogen-bond donors (Lipinski definition) is 1. The first-order valence-electron chi connectivity index (χ1n) is 7.24. The minimum atomic E-state index is -0.314. The van der Waals surface area contributed by atoms with Gasteiger partial charge in [0, 0.05) is 22.2 Å². The van der Waals surface area contributed by atoms with Crippen LogP contribution in [-0.2, 0) is 9.53 Å². The number of hydrogen-bond acceptors (Lipinski definition) is 3. The molecule has 0 saturated heterocycles. The molecule has 0 spiro atoms. The summed E-state index contributed by atoms with van der Waals surface area (Å²) in [5, 5.41) is 8.06. The zero-order chi connectivity index (χ0) is 15.4. The first kappa shape index (κ1) is 16.0. The van der Waals surface area contributed by atoms with E-state index in [0.29, 0.717) is 36.7 Å². The van der Waals surface area contributed by atoms with Crippen molar-refractivity contribution in [3.8, 4) is 0 Å². The molecule has 0 aliphatic heterocycles. The lowest BCUT2D eigenvalue weighted by molar-refractivity contribution is -0.138. The second-order valence-electron chi connectivity index (χ2n) is 5.38. The number of fused-ring (bicyclic) bond motifs is 1. The highest BCUT2D eigenvalue weighted by Crippen LogP contribution is 2.31. The Kier molecular flexibility index (Phi) is 5.34. The lowest BCUT2D eigenvalue weighted by Gasteiger charge is -2.14. The van der Waals surface area contributed by atoms with Gasteiger partial charge in [-0.25, -0.2) is 4.79 Å². The maximum absolute atomic E-state index is 12.1. The molecular formula is C17H20BrNO2. The van der Waals surface area contributed by atoms with E-state index in [1.54, 1.807) is 6.92 Å². The molecule has 0 amide bonds. The number of halogens is 1. The fourth-order valence-electron chi connectivity index (χ4n) is 2.56. The molecule has 3 nitrogen and oxygen atoms in total.